The molecule has 0 unspecified atom stereocenters. The lowest BCUT2D eigenvalue weighted by molar-refractivity contribution is 0.108. The Balaban J connectivity index is 2.62. The molecule has 0 atom stereocenters. The average molecular weight is 304 g/mol. The highest BCUT2D eigenvalue weighted by Crippen LogP contribution is 2.30. The fourth-order valence-electron chi connectivity index (χ4n) is 1.58. The Hall–Kier alpha value is -1.09. The lowest BCUT2D eigenvalue weighted by Gasteiger charge is -2.06. The molecule has 92 valence electrons. The first-order valence-corrected chi connectivity index (χ1v) is 6.06. The second-order valence-electron chi connectivity index (χ2n) is 3.63. The van der Waals surface area contributed by atoms with Crippen molar-refractivity contribution in [1.29, 1.82) is 0 Å². The molecule has 2 aromatic rings. The molecule has 2 aromatic carbocycles. The van der Waals surface area contributed by atoms with Crippen molar-refractivity contribution in [3.8, 4) is 11.1 Å². The third-order valence-corrected chi connectivity index (χ3v) is 3.02. The maximum atomic E-state index is 13.7. The van der Waals surface area contributed by atoms with Crippen molar-refractivity contribution < 1.29 is 9.18 Å². The monoisotopic (exact) mass is 302 g/mol. The van der Waals surface area contributed by atoms with Gasteiger partial charge in [0, 0.05) is 21.2 Å². The molecule has 5 heteroatoms. The fraction of sp³-hybridized carbons (Fsp3) is 0. The van der Waals surface area contributed by atoms with Crippen molar-refractivity contribution in [3.05, 3.63) is 57.8 Å². The predicted octanol–water partition coefficient (Wildman–Crippen LogP) is 5.18. The molecule has 18 heavy (non-hydrogen) atoms. The summed E-state index contributed by atoms with van der Waals surface area (Å²) in [6, 6.07) is 8.54. The highest BCUT2D eigenvalue weighted by Gasteiger charge is 2.10. The maximum Gasteiger partial charge on any atom is 0.252 e. The van der Waals surface area contributed by atoms with Crippen molar-refractivity contribution in [2.75, 3.05) is 0 Å². The zero-order valence-electron chi connectivity index (χ0n) is 8.88. The molecule has 0 bridgehead atoms. The third kappa shape index (κ3) is 2.83. The van der Waals surface area contributed by atoms with Crippen molar-refractivity contribution in [2.24, 2.45) is 0 Å². The highest BCUT2D eigenvalue weighted by atomic mass is 35.5. The van der Waals surface area contributed by atoms with Crippen molar-refractivity contribution in [3.63, 3.8) is 0 Å². The second kappa shape index (κ2) is 5.27. The average Bonchev–Trinajstić information content (AvgIpc) is 2.27. The Bertz CT molecular complexity index is 605. The van der Waals surface area contributed by atoms with Gasteiger partial charge in [0.05, 0.1) is 0 Å². The van der Waals surface area contributed by atoms with Gasteiger partial charge < -0.3 is 0 Å². The van der Waals surface area contributed by atoms with Gasteiger partial charge in [-0.2, -0.15) is 0 Å². The van der Waals surface area contributed by atoms with Crippen LogP contribution in [-0.4, -0.2) is 5.24 Å². The molecule has 0 aliphatic heterocycles. The van der Waals surface area contributed by atoms with E-state index in [-0.39, 0.29) is 11.1 Å². The van der Waals surface area contributed by atoms with Crippen LogP contribution in [-0.2, 0) is 0 Å². The van der Waals surface area contributed by atoms with E-state index in [4.69, 9.17) is 34.8 Å². The van der Waals surface area contributed by atoms with Crippen LogP contribution in [0.15, 0.2) is 36.4 Å². The Morgan fingerprint density at radius 3 is 2.17 bits per heavy atom. The lowest BCUT2D eigenvalue weighted by Crippen LogP contribution is -1.92. The van der Waals surface area contributed by atoms with Gasteiger partial charge in [-0.05, 0) is 53.6 Å². The summed E-state index contributed by atoms with van der Waals surface area (Å²) in [6.45, 7) is 0. The van der Waals surface area contributed by atoms with Crippen LogP contribution in [0.5, 0.6) is 0 Å². The molecule has 2 rings (SSSR count). The Kier molecular flexibility index (Phi) is 3.91. The van der Waals surface area contributed by atoms with Gasteiger partial charge in [0.15, 0.2) is 0 Å². The van der Waals surface area contributed by atoms with Gasteiger partial charge in [-0.1, -0.05) is 23.2 Å². The van der Waals surface area contributed by atoms with Crippen LogP contribution < -0.4 is 0 Å². The summed E-state index contributed by atoms with van der Waals surface area (Å²) in [7, 11) is 0. The minimum Gasteiger partial charge on any atom is -0.276 e. The van der Waals surface area contributed by atoms with E-state index in [1.807, 2.05) is 0 Å². The van der Waals surface area contributed by atoms with Crippen LogP contribution in [0.2, 0.25) is 10.0 Å². The summed E-state index contributed by atoms with van der Waals surface area (Å²) in [6.07, 6.45) is 0. The molecular weight excluding hydrogens is 297 g/mol. The molecule has 0 aliphatic carbocycles. The molecule has 0 fully saturated rings. The normalized spacial score (nSPS) is 10.4. The lowest BCUT2D eigenvalue weighted by atomic mass is 10.0. The number of hydrogen-bond acceptors (Lipinski definition) is 1. The smallest absolute Gasteiger partial charge is 0.252 e. The number of rotatable bonds is 2. The molecule has 1 nitrogen and oxygen atoms in total. The number of hydrogen-bond donors (Lipinski definition) is 0. The van der Waals surface area contributed by atoms with E-state index in [0.717, 1.165) is 0 Å². The standard InChI is InChI=1S/C13H6Cl3FO/c14-9-3-8(4-10(15)6-9)11-5-7(13(16)18)1-2-12(11)17/h1-6H. The van der Waals surface area contributed by atoms with Gasteiger partial charge in [-0.25, -0.2) is 4.39 Å². The van der Waals surface area contributed by atoms with E-state index in [0.29, 0.717) is 15.6 Å². The Labute approximate surface area is 118 Å². The molecular formula is C13H6Cl3FO. The van der Waals surface area contributed by atoms with Crippen LogP contribution in [0.3, 0.4) is 0 Å². The minimum absolute atomic E-state index is 0.212. The van der Waals surface area contributed by atoms with E-state index in [1.54, 1.807) is 18.2 Å². The predicted molar refractivity (Wildman–Crippen MR) is 72.0 cm³/mol. The highest BCUT2D eigenvalue weighted by molar-refractivity contribution is 6.67. The number of carbonyl (C=O) groups excluding carboxylic acids is 1. The van der Waals surface area contributed by atoms with E-state index >= 15 is 0 Å². The summed E-state index contributed by atoms with van der Waals surface area (Å²) in [4.78, 5) is 11.1. The van der Waals surface area contributed by atoms with E-state index in [2.05, 4.69) is 0 Å². The molecule has 0 aromatic heterocycles. The first-order chi connectivity index (χ1) is 8.47. The topological polar surface area (TPSA) is 17.1 Å². The number of benzene rings is 2. The molecule has 0 spiro atoms. The van der Waals surface area contributed by atoms with E-state index in [1.165, 1.54) is 18.2 Å². The van der Waals surface area contributed by atoms with Gasteiger partial charge in [-0.15, -0.1) is 0 Å². The molecule has 0 heterocycles. The molecule has 0 radical (unpaired) electrons. The summed E-state index contributed by atoms with van der Waals surface area (Å²) in [5, 5.41) is 0.128. The first-order valence-electron chi connectivity index (χ1n) is 4.93. The minimum atomic E-state index is -0.649. The van der Waals surface area contributed by atoms with Crippen molar-refractivity contribution in [2.45, 2.75) is 0 Å². The largest absolute Gasteiger partial charge is 0.276 e. The van der Waals surface area contributed by atoms with Crippen molar-refractivity contribution >= 4 is 40.0 Å². The van der Waals surface area contributed by atoms with Crippen LogP contribution >= 0.6 is 34.8 Å². The van der Waals surface area contributed by atoms with E-state index < -0.39 is 11.1 Å². The van der Waals surface area contributed by atoms with Crippen LogP contribution in [0, 0.1) is 5.82 Å². The van der Waals surface area contributed by atoms with Gasteiger partial charge in [0.25, 0.3) is 5.24 Å². The summed E-state index contributed by atoms with van der Waals surface area (Å²) >= 11 is 17.1. The first kappa shape index (κ1) is 13.3. The van der Waals surface area contributed by atoms with Crippen LogP contribution in [0.4, 0.5) is 4.39 Å². The molecule has 0 amide bonds. The zero-order chi connectivity index (χ0) is 13.3. The van der Waals surface area contributed by atoms with Gasteiger partial charge >= 0.3 is 0 Å². The fourth-order valence-corrected chi connectivity index (χ4v) is 2.22. The summed E-state index contributed by atoms with van der Waals surface area (Å²) < 4.78 is 13.7. The number of halogens is 4. The third-order valence-electron chi connectivity index (χ3n) is 2.37. The van der Waals surface area contributed by atoms with Crippen LogP contribution in [0.25, 0.3) is 11.1 Å². The number of carbonyl (C=O) groups is 1. The zero-order valence-corrected chi connectivity index (χ0v) is 11.2. The SMILES string of the molecule is O=C(Cl)c1ccc(F)c(-c2cc(Cl)cc(Cl)c2)c1. The second-order valence-corrected chi connectivity index (χ2v) is 4.84. The van der Waals surface area contributed by atoms with Gasteiger partial charge in [0.1, 0.15) is 5.82 Å². The van der Waals surface area contributed by atoms with Crippen LogP contribution in [0.1, 0.15) is 10.4 Å². The van der Waals surface area contributed by atoms with Gasteiger partial charge in [0.2, 0.25) is 0 Å². The Morgan fingerprint density at radius 2 is 1.61 bits per heavy atom. The van der Waals surface area contributed by atoms with Crippen molar-refractivity contribution in [1.82, 2.24) is 0 Å². The quantitative estimate of drug-likeness (QED) is 0.699. The molecule has 0 saturated carbocycles. The molecule has 0 N–H and O–H groups in total. The van der Waals surface area contributed by atoms with E-state index in [9.17, 15) is 9.18 Å². The molecule has 0 saturated heterocycles. The molecule has 0 aliphatic rings. The Morgan fingerprint density at radius 1 is 1.00 bits per heavy atom. The van der Waals surface area contributed by atoms with Gasteiger partial charge in [-0.3, -0.25) is 4.79 Å². The summed E-state index contributed by atoms with van der Waals surface area (Å²) in [5.41, 5.74) is 0.930. The summed E-state index contributed by atoms with van der Waals surface area (Å²) in [5.74, 6) is -0.477. The maximum absolute atomic E-state index is 13.7.